The van der Waals surface area contributed by atoms with Crippen molar-refractivity contribution in [1.82, 2.24) is 0 Å². The maximum absolute atomic E-state index is 10.7. The molecule has 2 nitrogen and oxygen atoms in total. The van der Waals surface area contributed by atoms with E-state index in [4.69, 9.17) is 5.73 Å². The summed E-state index contributed by atoms with van der Waals surface area (Å²) in [6, 6.07) is 0. The molecule has 1 saturated carbocycles. The Bertz CT molecular complexity index is 219. The summed E-state index contributed by atoms with van der Waals surface area (Å²) in [5, 5.41) is 10.7. The zero-order chi connectivity index (χ0) is 12.9. The lowest BCUT2D eigenvalue weighted by molar-refractivity contribution is -0.0471. The average molecular weight is 241 g/mol. The first kappa shape index (κ1) is 15.0. The fourth-order valence-corrected chi connectivity index (χ4v) is 3.66. The number of hydrogen-bond donors (Lipinski definition) is 2. The Morgan fingerprint density at radius 2 is 2.12 bits per heavy atom. The van der Waals surface area contributed by atoms with Crippen molar-refractivity contribution in [1.29, 1.82) is 0 Å². The van der Waals surface area contributed by atoms with Gasteiger partial charge >= 0.3 is 0 Å². The van der Waals surface area contributed by atoms with E-state index in [1.807, 2.05) is 0 Å². The third-order valence-electron chi connectivity index (χ3n) is 4.88. The monoisotopic (exact) mass is 241 g/mol. The van der Waals surface area contributed by atoms with Gasteiger partial charge in [0, 0.05) is 12.0 Å². The van der Waals surface area contributed by atoms with Crippen molar-refractivity contribution in [2.45, 2.75) is 71.8 Å². The molecular weight excluding hydrogens is 210 g/mol. The highest BCUT2D eigenvalue weighted by molar-refractivity contribution is 4.94. The van der Waals surface area contributed by atoms with E-state index in [2.05, 4.69) is 20.8 Å². The van der Waals surface area contributed by atoms with Crippen LogP contribution in [0.15, 0.2) is 0 Å². The largest absolute Gasteiger partial charge is 0.392 e. The van der Waals surface area contributed by atoms with Gasteiger partial charge in [0.2, 0.25) is 0 Å². The minimum Gasteiger partial charge on any atom is -0.392 e. The maximum Gasteiger partial charge on any atom is 0.0634 e. The highest BCUT2D eigenvalue weighted by Gasteiger charge is 2.42. The SMILES string of the molecule is CCCC(C)C(O)C1(CN)CCCC(CC)C1. The Morgan fingerprint density at radius 1 is 1.41 bits per heavy atom. The summed E-state index contributed by atoms with van der Waals surface area (Å²) in [5.41, 5.74) is 6.04. The predicted octanol–water partition coefficient (Wildman–Crippen LogP) is 3.33. The summed E-state index contributed by atoms with van der Waals surface area (Å²) in [6.07, 6.45) is 8.11. The lowest BCUT2D eigenvalue weighted by atomic mass is 9.63. The van der Waals surface area contributed by atoms with Gasteiger partial charge in [-0.15, -0.1) is 0 Å². The molecule has 0 bridgehead atoms. The summed E-state index contributed by atoms with van der Waals surface area (Å²) >= 11 is 0. The van der Waals surface area contributed by atoms with Crippen LogP contribution in [0, 0.1) is 17.3 Å². The summed E-state index contributed by atoms with van der Waals surface area (Å²) < 4.78 is 0. The molecule has 1 fully saturated rings. The van der Waals surface area contributed by atoms with E-state index in [1.54, 1.807) is 0 Å². The van der Waals surface area contributed by atoms with E-state index < -0.39 is 0 Å². The average Bonchev–Trinajstić information content (AvgIpc) is 2.38. The first-order valence-corrected chi connectivity index (χ1v) is 7.47. The number of hydrogen-bond acceptors (Lipinski definition) is 2. The van der Waals surface area contributed by atoms with E-state index in [0.29, 0.717) is 12.5 Å². The molecule has 17 heavy (non-hydrogen) atoms. The minimum absolute atomic E-state index is 0.00745. The lowest BCUT2D eigenvalue weighted by Gasteiger charge is -2.45. The second kappa shape index (κ2) is 6.75. The maximum atomic E-state index is 10.7. The standard InChI is InChI=1S/C15H31NO/c1-4-7-12(3)14(17)15(11-16)9-6-8-13(5-2)10-15/h12-14,17H,4-11,16H2,1-3H3. The van der Waals surface area contributed by atoms with E-state index in [1.165, 1.54) is 19.3 Å². The second-order valence-corrected chi connectivity index (χ2v) is 6.15. The molecule has 0 aromatic rings. The molecule has 1 rings (SSSR count). The molecule has 0 saturated heterocycles. The topological polar surface area (TPSA) is 46.2 Å². The van der Waals surface area contributed by atoms with Crippen LogP contribution < -0.4 is 5.73 Å². The van der Waals surface area contributed by atoms with Crippen LogP contribution in [0.1, 0.15) is 65.7 Å². The van der Waals surface area contributed by atoms with E-state index in [0.717, 1.165) is 31.6 Å². The fraction of sp³-hybridized carbons (Fsp3) is 1.00. The van der Waals surface area contributed by atoms with Crippen molar-refractivity contribution in [2.75, 3.05) is 6.54 Å². The van der Waals surface area contributed by atoms with Crippen LogP contribution in [-0.4, -0.2) is 17.8 Å². The molecule has 4 unspecified atom stereocenters. The third-order valence-corrected chi connectivity index (χ3v) is 4.88. The highest BCUT2D eigenvalue weighted by Crippen LogP contribution is 2.44. The predicted molar refractivity (Wildman–Crippen MR) is 73.8 cm³/mol. The summed E-state index contributed by atoms with van der Waals surface area (Å²) in [5.74, 6) is 1.16. The molecule has 1 aliphatic carbocycles. The van der Waals surface area contributed by atoms with Crippen molar-refractivity contribution < 1.29 is 5.11 Å². The molecule has 0 amide bonds. The van der Waals surface area contributed by atoms with Crippen LogP contribution in [-0.2, 0) is 0 Å². The molecule has 2 heteroatoms. The molecule has 4 atom stereocenters. The van der Waals surface area contributed by atoms with Crippen LogP contribution in [0.25, 0.3) is 0 Å². The Labute approximate surface area is 107 Å². The molecule has 0 aliphatic heterocycles. The van der Waals surface area contributed by atoms with Gasteiger partial charge in [-0.1, -0.05) is 46.5 Å². The Balaban J connectivity index is 2.72. The van der Waals surface area contributed by atoms with Gasteiger partial charge in [0.05, 0.1) is 6.10 Å². The van der Waals surface area contributed by atoms with Gasteiger partial charge in [-0.05, 0) is 31.1 Å². The van der Waals surface area contributed by atoms with Gasteiger partial charge in [-0.2, -0.15) is 0 Å². The number of aliphatic hydroxyl groups is 1. The van der Waals surface area contributed by atoms with Crippen LogP contribution in [0.2, 0.25) is 0 Å². The second-order valence-electron chi connectivity index (χ2n) is 6.15. The Morgan fingerprint density at radius 3 is 2.65 bits per heavy atom. The van der Waals surface area contributed by atoms with Crippen molar-refractivity contribution in [3.8, 4) is 0 Å². The van der Waals surface area contributed by atoms with Gasteiger partial charge in [0.1, 0.15) is 0 Å². The molecule has 3 N–H and O–H groups in total. The highest BCUT2D eigenvalue weighted by atomic mass is 16.3. The van der Waals surface area contributed by atoms with Crippen LogP contribution in [0.4, 0.5) is 0 Å². The Hall–Kier alpha value is -0.0800. The summed E-state index contributed by atoms with van der Waals surface area (Å²) in [4.78, 5) is 0. The van der Waals surface area contributed by atoms with E-state index in [9.17, 15) is 5.11 Å². The smallest absolute Gasteiger partial charge is 0.0634 e. The first-order chi connectivity index (χ1) is 8.09. The van der Waals surface area contributed by atoms with Crippen molar-refractivity contribution in [3.63, 3.8) is 0 Å². The molecule has 0 radical (unpaired) electrons. The molecule has 0 spiro atoms. The fourth-order valence-electron chi connectivity index (χ4n) is 3.66. The molecule has 0 heterocycles. The van der Waals surface area contributed by atoms with Gasteiger partial charge in [0.15, 0.2) is 0 Å². The first-order valence-electron chi connectivity index (χ1n) is 7.47. The zero-order valence-electron chi connectivity index (χ0n) is 11.9. The lowest BCUT2D eigenvalue weighted by Crippen LogP contribution is -2.48. The van der Waals surface area contributed by atoms with Gasteiger partial charge in [-0.3, -0.25) is 0 Å². The number of rotatable bonds is 6. The van der Waals surface area contributed by atoms with Gasteiger partial charge in [-0.25, -0.2) is 0 Å². The quantitative estimate of drug-likeness (QED) is 0.749. The van der Waals surface area contributed by atoms with Crippen molar-refractivity contribution >= 4 is 0 Å². The molecule has 0 aromatic carbocycles. The van der Waals surface area contributed by atoms with Crippen molar-refractivity contribution in [2.24, 2.45) is 23.0 Å². The molecule has 102 valence electrons. The van der Waals surface area contributed by atoms with E-state index >= 15 is 0 Å². The minimum atomic E-state index is -0.207. The number of aliphatic hydroxyl groups excluding tert-OH is 1. The normalized spacial score (nSPS) is 33.4. The number of nitrogens with two attached hydrogens (primary N) is 1. The van der Waals surface area contributed by atoms with Crippen LogP contribution >= 0.6 is 0 Å². The summed E-state index contributed by atoms with van der Waals surface area (Å²) in [7, 11) is 0. The van der Waals surface area contributed by atoms with Crippen LogP contribution in [0.3, 0.4) is 0 Å². The molecular formula is C15H31NO. The van der Waals surface area contributed by atoms with Crippen molar-refractivity contribution in [3.05, 3.63) is 0 Å². The molecule has 0 aromatic heterocycles. The van der Waals surface area contributed by atoms with Gasteiger partial charge < -0.3 is 10.8 Å². The third kappa shape index (κ3) is 3.45. The summed E-state index contributed by atoms with van der Waals surface area (Å²) in [6.45, 7) is 7.28. The molecule has 1 aliphatic rings. The van der Waals surface area contributed by atoms with E-state index in [-0.39, 0.29) is 11.5 Å². The van der Waals surface area contributed by atoms with Gasteiger partial charge in [0.25, 0.3) is 0 Å². The van der Waals surface area contributed by atoms with Crippen LogP contribution in [0.5, 0.6) is 0 Å². The zero-order valence-corrected chi connectivity index (χ0v) is 11.9. The Kier molecular flexibility index (Phi) is 5.94.